The SMILES string of the molecule is CCN(CC)C(=O)c1ccc(NC(=O)CN[C@H](C)c2ccc(F)cc2F)cc1. The highest BCUT2D eigenvalue weighted by atomic mass is 19.1. The number of benzene rings is 2. The first kappa shape index (κ1) is 21.5. The molecule has 1 atom stereocenters. The van der Waals surface area contributed by atoms with Crippen LogP contribution in [0.25, 0.3) is 0 Å². The number of nitrogens with zero attached hydrogens (tertiary/aromatic N) is 1. The molecule has 0 aliphatic rings. The second-order valence-electron chi connectivity index (χ2n) is 6.37. The van der Waals surface area contributed by atoms with Crippen LogP contribution in [0, 0.1) is 11.6 Å². The van der Waals surface area contributed by atoms with Crippen molar-refractivity contribution in [3.63, 3.8) is 0 Å². The molecule has 0 fully saturated rings. The first-order chi connectivity index (χ1) is 13.3. The van der Waals surface area contributed by atoms with E-state index >= 15 is 0 Å². The maximum atomic E-state index is 13.8. The second-order valence-corrected chi connectivity index (χ2v) is 6.37. The molecular formula is C21H25F2N3O2. The average Bonchev–Trinajstić information content (AvgIpc) is 2.67. The van der Waals surface area contributed by atoms with Gasteiger partial charge in [0, 0.05) is 42.0 Å². The predicted octanol–water partition coefficient (Wildman–Crippen LogP) is 3.74. The molecule has 0 aromatic heterocycles. The minimum Gasteiger partial charge on any atom is -0.339 e. The summed E-state index contributed by atoms with van der Waals surface area (Å²) in [6, 6.07) is 9.55. The maximum absolute atomic E-state index is 13.8. The van der Waals surface area contributed by atoms with Gasteiger partial charge >= 0.3 is 0 Å². The molecule has 2 aromatic rings. The third-order valence-corrected chi connectivity index (χ3v) is 4.46. The minimum absolute atomic E-state index is 0.0435. The highest BCUT2D eigenvalue weighted by molar-refractivity contribution is 5.96. The van der Waals surface area contributed by atoms with Crippen molar-refractivity contribution in [2.45, 2.75) is 26.8 Å². The Hall–Kier alpha value is -2.80. The Morgan fingerprint density at radius 1 is 1.04 bits per heavy atom. The van der Waals surface area contributed by atoms with Crippen LogP contribution in [0.15, 0.2) is 42.5 Å². The summed E-state index contributed by atoms with van der Waals surface area (Å²) in [6.07, 6.45) is 0. The Kier molecular flexibility index (Phi) is 7.63. The molecule has 7 heteroatoms. The van der Waals surface area contributed by atoms with E-state index in [4.69, 9.17) is 0 Å². The van der Waals surface area contributed by atoms with Gasteiger partial charge in [0.2, 0.25) is 5.91 Å². The van der Waals surface area contributed by atoms with Crippen molar-refractivity contribution in [2.24, 2.45) is 0 Å². The van der Waals surface area contributed by atoms with E-state index in [1.54, 1.807) is 36.1 Å². The van der Waals surface area contributed by atoms with E-state index in [9.17, 15) is 18.4 Å². The van der Waals surface area contributed by atoms with Crippen LogP contribution in [0.4, 0.5) is 14.5 Å². The summed E-state index contributed by atoms with van der Waals surface area (Å²) in [4.78, 5) is 26.1. The molecule has 0 aliphatic carbocycles. The molecule has 0 spiro atoms. The Bertz CT molecular complexity index is 821. The fourth-order valence-corrected chi connectivity index (χ4v) is 2.80. The van der Waals surface area contributed by atoms with Gasteiger partial charge in [-0.3, -0.25) is 9.59 Å². The van der Waals surface area contributed by atoms with Gasteiger partial charge in [0.05, 0.1) is 6.54 Å². The monoisotopic (exact) mass is 389 g/mol. The van der Waals surface area contributed by atoms with Crippen molar-refractivity contribution in [3.05, 3.63) is 65.2 Å². The quantitative estimate of drug-likeness (QED) is 0.723. The van der Waals surface area contributed by atoms with Crippen LogP contribution in [-0.4, -0.2) is 36.3 Å². The third kappa shape index (κ3) is 5.60. The fraction of sp³-hybridized carbons (Fsp3) is 0.333. The number of amides is 2. The molecule has 5 nitrogen and oxygen atoms in total. The molecule has 0 aliphatic heterocycles. The molecule has 0 unspecified atom stereocenters. The highest BCUT2D eigenvalue weighted by Gasteiger charge is 2.14. The summed E-state index contributed by atoms with van der Waals surface area (Å²) < 4.78 is 26.8. The molecule has 0 bridgehead atoms. The van der Waals surface area contributed by atoms with Crippen molar-refractivity contribution < 1.29 is 18.4 Å². The van der Waals surface area contributed by atoms with Crippen molar-refractivity contribution >= 4 is 17.5 Å². The first-order valence-corrected chi connectivity index (χ1v) is 9.23. The normalized spacial score (nSPS) is 11.8. The van der Waals surface area contributed by atoms with E-state index < -0.39 is 17.7 Å². The van der Waals surface area contributed by atoms with Gasteiger partial charge in [-0.2, -0.15) is 0 Å². The number of anilines is 1. The van der Waals surface area contributed by atoms with Crippen LogP contribution in [-0.2, 0) is 4.79 Å². The highest BCUT2D eigenvalue weighted by Crippen LogP contribution is 2.17. The van der Waals surface area contributed by atoms with Crippen LogP contribution in [0.3, 0.4) is 0 Å². The summed E-state index contributed by atoms with van der Waals surface area (Å²) in [5, 5.41) is 5.62. The summed E-state index contributed by atoms with van der Waals surface area (Å²) >= 11 is 0. The third-order valence-electron chi connectivity index (χ3n) is 4.46. The van der Waals surface area contributed by atoms with Gasteiger partial charge in [0.1, 0.15) is 11.6 Å². The van der Waals surface area contributed by atoms with Crippen molar-refractivity contribution in [1.29, 1.82) is 0 Å². The topological polar surface area (TPSA) is 61.4 Å². The molecule has 2 N–H and O–H groups in total. The number of nitrogens with one attached hydrogen (secondary N) is 2. The van der Waals surface area contributed by atoms with Gasteiger partial charge in [-0.1, -0.05) is 6.07 Å². The van der Waals surface area contributed by atoms with Gasteiger partial charge < -0.3 is 15.5 Å². The van der Waals surface area contributed by atoms with Gasteiger partial charge in [0.25, 0.3) is 5.91 Å². The zero-order chi connectivity index (χ0) is 20.7. The Morgan fingerprint density at radius 3 is 2.25 bits per heavy atom. The number of hydrogen-bond donors (Lipinski definition) is 2. The van der Waals surface area contributed by atoms with Crippen LogP contribution in [0.1, 0.15) is 42.7 Å². The predicted molar refractivity (Wildman–Crippen MR) is 105 cm³/mol. The summed E-state index contributed by atoms with van der Waals surface area (Å²) in [6.45, 7) is 6.75. The van der Waals surface area contributed by atoms with Crippen molar-refractivity contribution in [2.75, 3.05) is 25.0 Å². The van der Waals surface area contributed by atoms with Crippen LogP contribution in [0.2, 0.25) is 0 Å². The Balaban J connectivity index is 1.90. The molecule has 150 valence electrons. The smallest absolute Gasteiger partial charge is 0.253 e. The molecule has 28 heavy (non-hydrogen) atoms. The van der Waals surface area contributed by atoms with E-state index in [0.29, 0.717) is 24.3 Å². The second kappa shape index (κ2) is 9.94. The van der Waals surface area contributed by atoms with Crippen LogP contribution in [0.5, 0.6) is 0 Å². The summed E-state index contributed by atoms with van der Waals surface area (Å²) in [7, 11) is 0. The number of hydrogen-bond acceptors (Lipinski definition) is 3. The maximum Gasteiger partial charge on any atom is 0.253 e. The fourth-order valence-electron chi connectivity index (χ4n) is 2.80. The van der Waals surface area contributed by atoms with E-state index in [0.717, 1.165) is 6.07 Å². The van der Waals surface area contributed by atoms with Gasteiger partial charge in [0.15, 0.2) is 0 Å². The Labute approximate surface area is 163 Å². The zero-order valence-corrected chi connectivity index (χ0v) is 16.3. The standard InChI is InChI=1S/C21H25F2N3O2/c1-4-26(5-2)21(28)15-6-9-17(10-7-15)25-20(27)13-24-14(3)18-11-8-16(22)12-19(18)23/h6-12,14,24H,4-5,13H2,1-3H3,(H,25,27)/t14-/m1/s1. The lowest BCUT2D eigenvalue weighted by Gasteiger charge is -2.18. The zero-order valence-electron chi connectivity index (χ0n) is 16.3. The number of rotatable bonds is 8. The lowest BCUT2D eigenvalue weighted by molar-refractivity contribution is -0.115. The lowest BCUT2D eigenvalue weighted by Crippen LogP contribution is -2.31. The first-order valence-electron chi connectivity index (χ1n) is 9.23. The van der Waals surface area contributed by atoms with Crippen LogP contribution < -0.4 is 10.6 Å². The Morgan fingerprint density at radius 2 is 1.68 bits per heavy atom. The molecule has 2 amide bonds. The molecule has 0 saturated heterocycles. The van der Waals surface area contributed by atoms with E-state index in [2.05, 4.69) is 10.6 Å². The largest absolute Gasteiger partial charge is 0.339 e. The van der Waals surface area contributed by atoms with E-state index in [-0.39, 0.29) is 23.9 Å². The molecular weight excluding hydrogens is 364 g/mol. The molecule has 0 radical (unpaired) electrons. The molecule has 0 saturated carbocycles. The van der Waals surface area contributed by atoms with E-state index in [1.807, 2.05) is 13.8 Å². The van der Waals surface area contributed by atoms with Gasteiger partial charge in [-0.15, -0.1) is 0 Å². The lowest BCUT2D eigenvalue weighted by atomic mass is 10.1. The van der Waals surface area contributed by atoms with Crippen molar-refractivity contribution in [1.82, 2.24) is 10.2 Å². The number of halogens is 2. The number of carbonyl (C=O) groups excluding carboxylic acids is 2. The van der Waals surface area contributed by atoms with Crippen LogP contribution >= 0.6 is 0 Å². The summed E-state index contributed by atoms with van der Waals surface area (Å²) in [5.74, 6) is -1.67. The summed E-state index contributed by atoms with van der Waals surface area (Å²) in [5.41, 5.74) is 1.40. The average molecular weight is 389 g/mol. The van der Waals surface area contributed by atoms with Gasteiger partial charge in [-0.05, 0) is 51.1 Å². The number of carbonyl (C=O) groups is 2. The van der Waals surface area contributed by atoms with Gasteiger partial charge in [-0.25, -0.2) is 8.78 Å². The molecule has 2 rings (SSSR count). The van der Waals surface area contributed by atoms with Crippen molar-refractivity contribution in [3.8, 4) is 0 Å². The minimum atomic E-state index is -0.658. The van der Waals surface area contributed by atoms with E-state index in [1.165, 1.54) is 12.1 Å². The molecule has 0 heterocycles. The molecule has 2 aromatic carbocycles.